The summed E-state index contributed by atoms with van der Waals surface area (Å²) in [7, 11) is 5.27. The number of phenols is 1. The van der Waals surface area contributed by atoms with Crippen LogP contribution in [-0.4, -0.2) is 106 Å². The van der Waals surface area contributed by atoms with Gasteiger partial charge in [0.25, 0.3) is 5.91 Å². The van der Waals surface area contributed by atoms with E-state index in [1.165, 1.54) is 4.90 Å². The van der Waals surface area contributed by atoms with Crippen LogP contribution in [0.25, 0.3) is 5.76 Å². The van der Waals surface area contributed by atoms with Crippen LogP contribution in [0.2, 0.25) is 0 Å². The number of piperidine rings is 1. The van der Waals surface area contributed by atoms with Crippen molar-refractivity contribution >= 4 is 28.9 Å². The number of likely N-dealkylation sites (tertiary alicyclic amines) is 1. The summed E-state index contributed by atoms with van der Waals surface area (Å²) in [6.07, 6.45) is 3.97. The number of primary amides is 1. The maximum Gasteiger partial charge on any atom is 0.255 e. The Morgan fingerprint density at radius 1 is 1.11 bits per heavy atom. The Balaban J connectivity index is 1.69. The normalized spacial score (nSPS) is 31.2. The van der Waals surface area contributed by atoms with Crippen molar-refractivity contribution < 1.29 is 34.8 Å². The van der Waals surface area contributed by atoms with Gasteiger partial charge in [-0.3, -0.25) is 19.3 Å². The van der Waals surface area contributed by atoms with Gasteiger partial charge in [-0.05, 0) is 78.0 Å². The molecule has 0 bridgehead atoms. The molecular weight excluding hydrogens is 564 g/mol. The number of likely N-dealkylation sites (N-methyl/N-ethyl adjacent to an activating group) is 1. The van der Waals surface area contributed by atoms with Gasteiger partial charge in [-0.2, -0.15) is 0 Å². The van der Waals surface area contributed by atoms with Crippen LogP contribution in [-0.2, 0) is 20.8 Å². The molecule has 11 heteroatoms. The van der Waals surface area contributed by atoms with E-state index in [1.807, 2.05) is 12.1 Å². The average molecular weight is 611 g/mol. The molecule has 11 nitrogen and oxygen atoms in total. The van der Waals surface area contributed by atoms with E-state index in [0.717, 1.165) is 45.3 Å². The third-order valence-corrected chi connectivity index (χ3v) is 10.7. The summed E-state index contributed by atoms with van der Waals surface area (Å²) in [5.41, 5.74) is 0.444. The number of nitrogens with two attached hydrogens (primary N) is 1. The molecule has 3 aliphatic carbocycles. The number of carbonyl (C=O) groups is 3. The minimum atomic E-state index is -2.73. The zero-order valence-electron chi connectivity index (χ0n) is 26.6. The highest BCUT2D eigenvalue weighted by molar-refractivity contribution is 6.25. The monoisotopic (exact) mass is 610 g/mol. The van der Waals surface area contributed by atoms with E-state index in [1.54, 1.807) is 27.9 Å². The summed E-state index contributed by atoms with van der Waals surface area (Å²) in [6.45, 7) is 8.01. The van der Waals surface area contributed by atoms with Crippen molar-refractivity contribution in [1.29, 1.82) is 0 Å². The van der Waals surface area contributed by atoms with Gasteiger partial charge in [-0.1, -0.05) is 33.3 Å². The van der Waals surface area contributed by atoms with Gasteiger partial charge in [0.05, 0.1) is 17.3 Å². The van der Waals surface area contributed by atoms with Gasteiger partial charge >= 0.3 is 0 Å². The molecule has 2 fully saturated rings. The Morgan fingerprint density at radius 3 is 2.32 bits per heavy atom. The maximum atomic E-state index is 14.5. The van der Waals surface area contributed by atoms with Crippen LogP contribution in [0.1, 0.15) is 64.0 Å². The van der Waals surface area contributed by atoms with Crippen LogP contribution in [0, 0.1) is 10.8 Å². The van der Waals surface area contributed by atoms with E-state index in [-0.39, 0.29) is 35.8 Å². The van der Waals surface area contributed by atoms with Crippen molar-refractivity contribution in [3.63, 3.8) is 0 Å². The lowest BCUT2D eigenvalue weighted by molar-refractivity contribution is -0.175. The molecule has 1 saturated carbocycles. The number of aromatic hydroxyl groups is 1. The second-order valence-corrected chi connectivity index (χ2v) is 14.0. The van der Waals surface area contributed by atoms with Gasteiger partial charge in [0.2, 0.25) is 5.78 Å². The number of hydrogen-bond acceptors (Lipinski definition) is 10. The number of ketones is 2. The van der Waals surface area contributed by atoms with Crippen molar-refractivity contribution in [2.24, 2.45) is 16.6 Å². The number of amides is 1. The highest BCUT2D eigenvalue weighted by Crippen LogP contribution is 2.63. The first-order valence-corrected chi connectivity index (χ1v) is 15.5. The number of aliphatic hydroxyl groups excluding tert-OH is 2. The number of aliphatic hydroxyl groups is 3. The lowest BCUT2D eigenvalue weighted by Crippen LogP contribution is -2.72. The number of carbonyl (C=O) groups excluding carboxylic acids is 3. The Labute approximate surface area is 258 Å². The topological polar surface area (TPSA) is 168 Å². The summed E-state index contributed by atoms with van der Waals surface area (Å²) in [5.74, 6) is -4.76. The Hall–Kier alpha value is -3.41. The fourth-order valence-electron chi connectivity index (χ4n) is 8.67. The second-order valence-electron chi connectivity index (χ2n) is 14.0. The van der Waals surface area contributed by atoms with Crippen molar-refractivity contribution in [2.75, 3.05) is 45.7 Å². The number of rotatable bonds is 7. The molecule has 0 radical (unpaired) electrons. The molecule has 1 saturated heterocycles. The number of benzene rings is 1. The van der Waals surface area contributed by atoms with Crippen LogP contribution in [0.3, 0.4) is 0 Å². The van der Waals surface area contributed by atoms with E-state index >= 15 is 0 Å². The quantitative estimate of drug-likeness (QED) is 0.289. The van der Waals surface area contributed by atoms with Crippen molar-refractivity contribution in [1.82, 2.24) is 9.80 Å². The smallest absolute Gasteiger partial charge is 0.255 e. The molecule has 1 aliphatic heterocycles. The van der Waals surface area contributed by atoms with Crippen LogP contribution in [0.15, 0.2) is 29.0 Å². The molecule has 1 amide bonds. The van der Waals surface area contributed by atoms with Crippen molar-refractivity contribution in [3.05, 3.63) is 40.2 Å². The molecule has 1 aromatic rings. The van der Waals surface area contributed by atoms with Gasteiger partial charge in [0.15, 0.2) is 11.4 Å². The predicted octanol–water partition coefficient (Wildman–Crippen LogP) is 2.44. The SMILES string of the molecule is CCCCN(c1ccc2c(c1O)C(O)=C1C(=O)[C@]3(O)C(O)=C(C(N)=O)C(=O)[C@@H](N(C)C)[C@]3(C)C[C@]1(C)C2)C1CCN(C)CC1. The average Bonchev–Trinajstić information content (AvgIpc) is 2.92. The van der Waals surface area contributed by atoms with E-state index < -0.39 is 57.0 Å². The third kappa shape index (κ3) is 4.38. The largest absolute Gasteiger partial charge is 0.508 e. The number of anilines is 1. The molecular formula is C33H46N4O7. The Bertz CT molecular complexity index is 1480. The zero-order valence-corrected chi connectivity index (χ0v) is 26.6. The minimum absolute atomic E-state index is 0.00644. The summed E-state index contributed by atoms with van der Waals surface area (Å²) in [5, 5.41) is 47.1. The Morgan fingerprint density at radius 2 is 1.75 bits per heavy atom. The van der Waals surface area contributed by atoms with Gasteiger partial charge in [0, 0.05) is 29.0 Å². The number of nitrogens with zero attached hydrogens (tertiary/aromatic N) is 3. The molecule has 0 aromatic heterocycles. The molecule has 0 spiro atoms. The van der Waals surface area contributed by atoms with Gasteiger partial charge in [0.1, 0.15) is 22.8 Å². The van der Waals surface area contributed by atoms with Gasteiger partial charge in [-0.25, -0.2) is 0 Å². The number of fused-ring (bicyclic) bond motifs is 3. The summed E-state index contributed by atoms with van der Waals surface area (Å²) >= 11 is 0. The lowest BCUT2D eigenvalue weighted by atomic mass is 9.46. The highest BCUT2D eigenvalue weighted by Gasteiger charge is 2.72. The van der Waals surface area contributed by atoms with Crippen LogP contribution in [0.5, 0.6) is 5.75 Å². The van der Waals surface area contributed by atoms with Crippen LogP contribution in [0.4, 0.5) is 5.69 Å². The molecule has 5 rings (SSSR count). The fourth-order valence-corrected chi connectivity index (χ4v) is 8.67. The van der Waals surface area contributed by atoms with E-state index in [4.69, 9.17) is 5.73 Å². The molecule has 1 heterocycles. The van der Waals surface area contributed by atoms with E-state index in [2.05, 4.69) is 23.8 Å². The third-order valence-electron chi connectivity index (χ3n) is 10.7. The Kier molecular flexibility index (Phi) is 7.92. The van der Waals surface area contributed by atoms with Gasteiger partial charge in [-0.15, -0.1) is 0 Å². The first-order chi connectivity index (χ1) is 20.5. The van der Waals surface area contributed by atoms with Crippen molar-refractivity contribution in [3.8, 4) is 5.75 Å². The molecule has 6 N–H and O–H groups in total. The summed E-state index contributed by atoms with van der Waals surface area (Å²) < 4.78 is 0. The van der Waals surface area contributed by atoms with E-state index in [9.17, 15) is 34.8 Å². The molecule has 240 valence electrons. The molecule has 4 atom stereocenters. The molecule has 1 aromatic carbocycles. The molecule has 0 unspecified atom stereocenters. The van der Waals surface area contributed by atoms with Crippen LogP contribution < -0.4 is 10.6 Å². The number of unbranched alkanes of at least 4 members (excludes halogenated alkanes) is 1. The number of Topliss-reactive ketones (excluding diaryl/α,β-unsaturated/α-hetero) is 2. The standard InChI is InChI=1S/C33H46N4O7/c1-7-8-13-37(19-11-14-36(6)15-12-19)20-10-9-18-16-31(2)17-32(3)27(35(4)5)26(40)22(30(34)43)28(41)33(32,44)29(42)23(31)25(39)21(18)24(20)38/h9-10,19,27,38-39,41,44H,7-8,11-17H2,1-6H3,(H2,34,43)/t27-,31+,32+,33-/m1/s1. The zero-order chi connectivity index (χ0) is 32.5. The molecule has 4 aliphatic rings. The predicted molar refractivity (Wildman–Crippen MR) is 166 cm³/mol. The van der Waals surface area contributed by atoms with Gasteiger partial charge < -0.3 is 36.0 Å². The minimum Gasteiger partial charge on any atom is -0.508 e. The second kappa shape index (κ2) is 10.9. The maximum absolute atomic E-state index is 14.5. The fraction of sp³-hybridized carbons (Fsp3) is 0.606. The summed E-state index contributed by atoms with van der Waals surface area (Å²) in [4.78, 5) is 46.4. The number of phenolic OH excluding ortho intramolecular Hbond substituents is 1. The summed E-state index contributed by atoms with van der Waals surface area (Å²) in [6, 6.07) is 2.78. The molecule has 44 heavy (non-hydrogen) atoms. The first kappa shape index (κ1) is 32.0. The highest BCUT2D eigenvalue weighted by atomic mass is 16.3. The van der Waals surface area contributed by atoms with E-state index in [0.29, 0.717) is 11.3 Å². The van der Waals surface area contributed by atoms with Crippen LogP contribution >= 0.6 is 0 Å². The number of hydrogen-bond donors (Lipinski definition) is 5. The first-order valence-electron chi connectivity index (χ1n) is 15.5. The lowest BCUT2D eigenvalue weighted by Gasteiger charge is -2.59. The van der Waals surface area contributed by atoms with Crippen molar-refractivity contribution in [2.45, 2.75) is 77.0 Å².